The predicted octanol–water partition coefficient (Wildman–Crippen LogP) is 3.04. The summed E-state index contributed by atoms with van der Waals surface area (Å²) in [5.74, 6) is -1.93. The topological polar surface area (TPSA) is 23.5 Å². The first-order valence-electron chi connectivity index (χ1n) is 6.54. The molecule has 1 heterocycles. The van der Waals surface area contributed by atoms with E-state index in [1.54, 1.807) is 6.07 Å². The van der Waals surface area contributed by atoms with Gasteiger partial charge in [0.1, 0.15) is 6.10 Å². The van der Waals surface area contributed by atoms with Crippen molar-refractivity contribution in [1.29, 1.82) is 0 Å². The van der Waals surface area contributed by atoms with Gasteiger partial charge in [-0.3, -0.25) is 0 Å². The Bertz CT molecular complexity index is 657. The first-order valence-corrected chi connectivity index (χ1v) is 6.54. The van der Waals surface area contributed by atoms with Gasteiger partial charge in [0, 0.05) is 24.8 Å². The number of rotatable bonds is 2. The van der Waals surface area contributed by atoms with Gasteiger partial charge in [-0.25, -0.2) is 8.78 Å². The van der Waals surface area contributed by atoms with Crippen molar-refractivity contribution in [1.82, 2.24) is 0 Å². The molecule has 0 saturated heterocycles. The monoisotopic (exact) mass is 275 g/mol. The average molecular weight is 275 g/mol. The Hall–Kier alpha value is -1.94. The van der Waals surface area contributed by atoms with E-state index in [2.05, 4.69) is 4.90 Å². The Morgan fingerprint density at radius 1 is 1.20 bits per heavy atom. The lowest BCUT2D eigenvalue weighted by Crippen LogP contribution is -2.12. The number of aliphatic hydroxyl groups is 1. The second-order valence-electron chi connectivity index (χ2n) is 5.11. The number of halogens is 2. The van der Waals surface area contributed by atoms with E-state index in [1.807, 2.05) is 19.2 Å². The van der Waals surface area contributed by atoms with Crippen molar-refractivity contribution in [3.05, 3.63) is 64.7 Å². The predicted molar refractivity (Wildman–Crippen MR) is 73.8 cm³/mol. The molecule has 0 amide bonds. The van der Waals surface area contributed by atoms with Gasteiger partial charge in [-0.15, -0.1) is 0 Å². The largest absolute Gasteiger partial charge is 0.384 e. The first kappa shape index (κ1) is 13.1. The number of hydrogen-bond acceptors (Lipinski definition) is 2. The maximum Gasteiger partial charge on any atom is 0.164 e. The van der Waals surface area contributed by atoms with Crippen LogP contribution in [0.3, 0.4) is 0 Å². The summed E-state index contributed by atoms with van der Waals surface area (Å²) in [5, 5.41) is 10.3. The molecular weight excluding hydrogens is 260 g/mol. The van der Waals surface area contributed by atoms with Crippen LogP contribution in [0.25, 0.3) is 0 Å². The van der Waals surface area contributed by atoms with Crippen molar-refractivity contribution in [2.24, 2.45) is 0 Å². The van der Waals surface area contributed by atoms with Crippen molar-refractivity contribution in [2.45, 2.75) is 12.5 Å². The van der Waals surface area contributed by atoms with E-state index in [4.69, 9.17) is 0 Å². The summed E-state index contributed by atoms with van der Waals surface area (Å²) in [6, 6.07) is 9.39. The Balaban J connectivity index is 1.99. The maximum atomic E-state index is 13.7. The number of anilines is 1. The Labute approximate surface area is 116 Å². The summed E-state index contributed by atoms with van der Waals surface area (Å²) in [6.07, 6.45) is -0.250. The molecule has 0 saturated carbocycles. The van der Waals surface area contributed by atoms with Crippen molar-refractivity contribution < 1.29 is 13.9 Å². The minimum absolute atomic E-state index is 0.0312. The van der Waals surface area contributed by atoms with E-state index in [0.29, 0.717) is 5.56 Å². The SMILES string of the molecule is CN1CCc2cc(C(O)c3cccc(F)c3F)ccc21. The summed E-state index contributed by atoms with van der Waals surface area (Å²) in [6.45, 7) is 0.934. The zero-order chi connectivity index (χ0) is 14.3. The number of likely N-dealkylation sites (N-methyl/N-ethyl adjacent to an activating group) is 1. The molecule has 0 fully saturated rings. The third kappa shape index (κ3) is 2.06. The quantitative estimate of drug-likeness (QED) is 0.910. The van der Waals surface area contributed by atoms with Gasteiger partial charge in [0.2, 0.25) is 0 Å². The Morgan fingerprint density at radius 2 is 2.00 bits per heavy atom. The minimum atomic E-state index is -1.15. The highest BCUT2D eigenvalue weighted by Crippen LogP contribution is 2.32. The molecule has 20 heavy (non-hydrogen) atoms. The zero-order valence-corrected chi connectivity index (χ0v) is 11.1. The molecule has 0 radical (unpaired) electrons. The molecule has 2 nitrogen and oxygen atoms in total. The number of aliphatic hydroxyl groups excluding tert-OH is 1. The van der Waals surface area contributed by atoms with Gasteiger partial charge in [-0.2, -0.15) is 0 Å². The van der Waals surface area contributed by atoms with Gasteiger partial charge in [0.05, 0.1) is 0 Å². The summed E-state index contributed by atoms with van der Waals surface area (Å²) in [4.78, 5) is 2.13. The number of hydrogen-bond donors (Lipinski definition) is 1. The molecule has 4 heteroatoms. The van der Waals surface area contributed by atoms with Crippen molar-refractivity contribution in [3.8, 4) is 0 Å². The van der Waals surface area contributed by atoms with Gasteiger partial charge in [0.15, 0.2) is 11.6 Å². The highest BCUT2D eigenvalue weighted by molar-refractivity contribution is 5.59. The normalized spacial score (nSPS) is 15.3. The molecule has 0 spiro atoms. The van der Waals surface area contributed by atoms with E-state index in [1.165, 1.54) is 12.1 Å². The lowest BCUT2D eigenvalue weighted by Gasteiger charge is -2.16. The zero-order valence-electron chi connectivity index (χ0n) is 11.1. The fourth-order valence-corrected chi connectivity index (χ4v) is 2.67. The smallest absolute Gasteiger partial charge is 0.164 e. The van der Waals surface area contributed by atoms with Gasteiger partial charge in [-0.1, -0.05) is 24.3 Å². The van der Waals surface area contributed by atoms with Crippen LogP contribution in [-0.4, -0.2) is 18.7 Å². The Morgan fingerprint density at radius 3 is 2.80 bits per heavy atom. The standard InChI is InChI=1S/C16H15F2NO/c1-19-8-7-10-9-11(5-6-14(10)19)16(20)12-3-2-4-13(17)15(12)18/h2-6,9,16,20H,7-8H2,1H3. The highest BCUT2D eigenvalue weighted by atomic mass is 19.2. The van der Waals surface area contributed by atoms with Gasteiger partial charge in [0.25, 0.3) is 0 Å². The molecule has 0 bridgehead atoms. The van der Waals surface area contributed by atoms with Crippen LogP contribution >= 0.6 is 0 Å². The molecule has 0 aliphatic carbocycles. The van der Waals surface area contributed by atoms with Crippen LogP contribution in [0.5, 0.6) is 0 Å². The molecule has 0 aromatic heterocycles. The molecule has 2 aromatic carbocycles. The van der Waals surface area contributed by atoms with Crippen LogP contribution in [0.15, 0.2) is 36.4 Å². The summed E-state index contributed by atoms with van der Waals surface area (Å²) < 4.78 is 27.0. The second kappa shape index (κ2) is 4.87. The first-order chi connectivity index (χ1) is 9.58. The maximum absolute atomic E-state index is 13.7. The fraction of sp³-hybridized carbons (Fsp3) is 0.250. The molecule has 3 rings (SSSR count). The van der Waals surface area contributed by atoms with Gasteiger partial charge >= 0.3 is 0 Å². The van der Waals surface area contributed by atoms with E-state index >= 15 is 0 Å². The van der Waals surface area contributed by atoms with Crippen LogP contribution < -0.4 is 4.90 Å². The number of benzene rings is 2. The lowest BCUT2D eigenvalue weighted by atomic mass is 9.98. The van der Waals surface area contributed by atoms with E-state index < -0.39 is 17.7 Å². The molecule has 1 aliphatic heterocycles. The fourth-order valence-electron chi connectivity index (χ4n) is 2.67. The molecule has 1 aliphatic rings. The van der Waals surface area contributed by atoms with E-state index in [-0.39, 0.29) is 5.56 Å². The Kier molecular flexibility index (Phi) is 3.18. The van der Waals surface area contributed by atoms with Crippen LogP contribution in [-0.2, 0) is 6.42 Å². The molecule has 1 unspecified atom stereocenters. The third-order valence-electron chi connectivity index (χ3n) is 3.82. The molecule has 1 N–H and O–H groups in total. The van der Waals surface area contributed by atoms with Crippen LogP contribution in [0, 0.1) is 11.6 Å². The van der Waals surface area contributed by atoms with Gasteiger partial charge in [-0.05, 0) is 29.7 Å². The van der Waals surface area contributed by atoms with Crippen LogP contribution in [0.2, 0.25) is 0 Å². The second-order valence-corrected chi connectivity index (χ2v) is 5.11. The summed E-state index contributed by atoms with van der Waals surface area (Å²) in [5.41, 5.74) is 2.81. The molecular formula is C16H15F2NO. The molecule has 104 valence electrons. The minimum Gasteiger partial charge on any atom is -0.384 e. The van der Waals surface area contributed by atoms with E-state index in [9.17, 15) is 13.9 Å². The number of nitrogens with zero attached hydrogens (tertiary/aromatic N) is 1. The van der Waals surface area contributed by atoms with Crippen LogP contribution in [0.1, 0.15) is 22.8 Å². The van der Waals surface area contributed by atoms with Crippen LogP contribution in [0.4, 0.5) is 14.5 Å². The van der Waals surface area contributed by atoms with Crippen molar-refractivity contribution >= 4 is 5.69 Å². The molecule has 2 aromatic rings. The third-order valence-corrected chi connectivity index (χ3v) is 3.82. The highest BCUT2D eigenvalue weighted by Gasteiger charge is 2.21. The van der Waals surface area contributed by atoms with Crippen molar-refractivity contribution in [2.75, 3.05) is 18.5 Å². The lowest BCUT2D eigenvalue weighted by molar-refractivity contribution is 0.213. The summed E-state index contributed by atoms with van der Waals surface area (Å²) >= 11 is 0. The average Bonchev–Trinajstić information content (AvgIpc) is 2.82. The summed E-state index contributed by atoms with van der Waals surface area (Å²) in [7, 11) is 2.01. The van der Waals surface area contributed by atoms with E-state index in [0.717, 1.165) is 30.3 Å². The van der Waals surface area contributed by atoms with Gasteiger partial charge < -0.3 is 10.0 Å². The number of fused-ring (bicyclic) bond motifs is 1. The van der Waals surface area contributed by atoms with Crippen molar-refractivity contribution in [3.63, 3.8) is 0 Å². The molecule has 1 atom stereocenters.